The molecule has 0 radical (unpaired) electrons. The summed E-state index contributed by atoms with van der Waals surface area (Å²) in [6.45, 7) is -0.148. The molecule has 0 bridgehead atoms. The maximum absolute atomic E-state index is 12.1. The Morgan fingerprint density at radius 2 is 1.85 bits per heavy atom. The Hall–Kier alpha value is -3.20. The van der Waals surface area contributed by atoms with E-state index in [1.165, 1.54) is 18.4 Å². The van der Waals surface area contributed by atoms with Gasteiger partial charge in [-0.2, -0.15) is 0 Å². The number of aliphatic hydroxyl groups is 1. The number of rotatable bonds is 6. The Balaban J connectivity index is 1.55. The van der Waals surface area contributed by atoms with Crippen LogP contribution in [0, 0.1) is 0 Å². The molecular weight excluding hydrogens is 367 g/mol. The average Bonchev–Trinajstić information content (AvgIpc) is 3.29. The van der Waals surface area contributed by atoms with Crippen molar-refractivity contribution in [3.63, 3.8) is 0 Å². The third kappa shape index (κ3) is 4.91. The van der Waals surface area contributed by atoms with Crippen LogP contribution in [0.1, 0.15) is 22.2 Å². The number of furan rings is 2. The lowest BCUT2D eigenvalue weighted by molar-refractivity contribution is -0.274. The predicted molar refractivity (Wildman–Crippen MR) is 86.8 cm³/mol. The molecule has 1 atom stereocenters. The van der Waals surface area contributed by atoms with Gasteiger partial charge >= 0.3 is 6.36 Å². The second-order valence-corrected chi connectivity index (χ2v) is 5.48. The number of alkyl halides is 3. The predicted octanol–water partition coefficient (Wildman–Crippen LogP) is 3.90. The molecule has 3 aromatic rings. The maximum Gasteiger partial charge on any atom is 0.573 e. The third-order valence-corrected chi connectivity index (χ3v) is 3.53. The molecule has 0 saturated carbocycles. The quantitative estimate of drug-likeness (QED) is 0.677. The van der Waals surface area contributed by atoms with Gasteiger partial charge < -0.3 is 24.0 Å². The molecule has 1 unspecified atom stereocenters. The summed E-state index contributed by atoms with van der Waals surface area (Å²) in [4.78, 5) is 12.0. The summed E-state index contributed by atoms with van der Waals surface area (Å²) in [6.07, 6.45) is -4.42. The van der Waals surface area contributed by atoms with Crippen molar-refractivity contribution in [2.75, 3.05) is 6.54 Å². The molecule has 1 aromatic carbocycles. The molecule has 0 aliphatic carbocycles. The minimum absolute atomic E-state index is 0.118. The number of hydrogen-bond donors (Lipinski definition) is 2. The number of benzene rings is 1. The number of aliphatic hydroxyl groups excluding tert-OH is 1. The van der Waals surface area contributed by atoms with Gasteiger partial charge in [0.1, 0.15) is 17.6 Å². The van der Waals surface area contributed by atoms with E-state index in [9.17, 15) is 23.1 Å². The Labute approximate surface area is 151 Å². The summed E-state index contributed by atoms with van der Waals surface area (Å²) in [5.41, 5.74) is 0.118. The standard InChI is InChI=1S/C18H14F3NO5/c19-18(20,21)27-12-5-3-11(4-6-12)17(24)22-10-13(23)14-7-8-16(26-14)15-2-1-9-25-15/h1-9,13,23H,10H2,(H,22,24). The van der Waals surface area contributed by atoms with Gasteiger partial charge in [-0.1, -0.05) is 0 Å². The van der Waals surface area contributed by atoms with Gasteiger partial charge in [0, 0.05) is 5.56 Å². The number of carbonyl (C=O) groups is 1. The highest BCUT2D eigenvalue weighted by molar-refractivity contribution is 5.94. The molecule has 0 fully saturated rings. The fourth-order valence-corrected chi connectivity index (χ4v) is 2.28. The van der Waals surface area contributed by atoms with E-state index in [-0.39, 0.29) is 17.9 Å². The summed E-state index contributed by atoms with van der Waals surface area (Å²) in [6, 6.07) is 11.0. The largest absolute Gasteiger partial charge is 0.573 e. The van der Waals surface area contributed by atoms with E-state index in [4.69, 9.17) is 8.83 Å². The molecule has 2 heterocycles. The first-order chi connectivity index (χ1) is 12.8. The molecule has 0 aliphatic heterocycles. The van der Waals surface area contributed by atoms with E-state index in [0.29, 0.717) is 11.5 Å². The van der Waals surface area contributed by atoms with Crippen molar-refractivity contribution in [3.05, 3.63) is 66.1 Å². The van der Waals surface area contributed by atoms with Crippen molar-refractivity contribution in [3.8, 4) is 17.3 Å². The number of halogens is 3. The average molecular weight is 381 g/mol. The Kier molecular flexibility index (Phi) is 5.22. The first-order valence-corrected chi connectivity index (χ1v) is 7.77. The van der Waals surface area contributed by atoms with Crippen LogP contribution >= 0.6 is 0 Å². The summed E-state index contributed by atoms with van der Waals surface area (Å²) in [5, 5.41) is 12.6. The minimum atomic E-state index is -4.80. The number of ether oxygens (including phenoxy) is 1. The summed E-state index contributed by atoms with van der Waals surface area (Å²) < 4.78 is 50.7. The van der Waals surface area contributed by atoms with Gasteiger partial charge in [-0.25, -0.2) is 0 Å². The van der Waals surface area contributed by atoms with Crippen LogP contribution in [0.25, 0.3) is 11.5 Å². The van der Waals surface area contributed by atoms with E-state index >= 15 is 0 Å². The molecule has 0 aliphatic rings. The SMILES string of the molecule is O=C(NCC(O)c1ccc(-c2ccco2)o1)c1ccc(OC(F)(F)F)cc1. The van der Waals surface area contributed by atoms with Gasteiger partial charge in [-0.05, 0) is 48.5 Å². The van der Waals surface area contributed by atoms with Crippen LogP contribution < -0.4 is 10.1 Å². The number of nitrogens with one attached hydrogen (secondary N) is 1. The number of carbonyl (C=O) groups excluding carboxylic acids is 1. The monoisotopic (exact) mass is 381 g/mol. The molecule has 3 rings (SSSR count). The molecule has 142 valence electrons. The first-order valence-electron chi connectivity index (χ1n) is 7.77. The molecule has 6 nitrogen and oxygen atoms in total. The summed E-state index contributed by atoms with van der Waals surface area (Å²) >= 11 is 0. The Morgan fingerprint density at radius 3 is 2.48 bits per heavy atom. The molecule has 2 aromatic heterocycles. The Bertz CT molecular complexity index is 885. The van der Waals surface area contributed by atoms with Crippen LogP contribution in [0.2, 0.25) is 0 Å². The molecular formula is C18H14F3NO5. The van der Waals surface area contributed by atoms with Crippen molar-refractivity contribution in [2.45, 2.75) is 12.5 Å². The fourth-order valence-electron chi connectivity index (χ4n) is 2.28. The zero-order chi connectivity index (χ0) is 19.4. The van der Waals surface area contributed by atoms with Crippen LogP contribution in [0.15, 0.2) is 63.6 Å². The van der Waals surface area contributed by atoms with Crippen molar-refractivity contribution in [1.29, 1.82) is 0 Å². The number of amides is 1. The smallest absolute Gasteiger partial charge is 0.461 e. The minimum Gasteiger partial charge on any atom is -0.461 e. The van der Waals surface area contributed by atoms with E-state index in [0.717, 1.165) is 12.1 Å². The lowest BCUT2D eigenvalue weighted by Gasteiger charge is -2.11. The van der Waals surface area contributed by atoms with Gasteiger partial charge in [0.05, 0.1) is 12.8 Å². The molecule has 2 N–H and O–H groups in total. The van der Waals surface area contributed by atoms with Crippen LogP contribution in [0.5, 0.6) is 5.75 Å². The zero-order valence-electron chi connectivity index (χ0n) is 13.7. The molecule has 9 heteroatoms. The second-order valence-electron chi connectivity index (χ2n) is 5.48. The van der Waals surface area contributed by atoms with Gasteiger partial charge in [-0.3, -0.25) is 4.79 Å². The molecule has 0 spiro atoms. The highest BCUT2D eigenvalue weighted by atomic mass is 19.4. The van der Waals surface area contributed by atoms with Crippen molar-refractivity contribution >= 4 is 5.91 Å². The van der Waals surface area contributed by atoms with Crippen LogP contribution in [0.3, 0.4) is 0 Å². The van der Waals surface area contributed by atoms with Crippen molar-refractivity contribution in [1.82, 2.24) is 5.32 Å². The normalized spacial score (nSPS) is 12.6. The number of hydrogen-bond acceptors (Lipinski definition) is 5. The van der Waals surface area contributed by atoms with E-state index in [1.807, 2.05) is 0 Å². The van der Waals surface area contributed by atoms with Crippen LogP contribution in [0.4, 0.5) is 13.2 Å². The van der Waals surface area contributed by atoms with Gasteiger partial charge in [0.25, 0.3) is 5.91 Å². The maximum atomic E-state index is 12.1. The second kappa shape index (κ2) is 7.58. The summed E-state index contributed by atoms with van der Waals surface area (Å²) in [5.74, 6) is 0.167. The molecule has 0 saturated heterocycles. The van der Waals surface area contributed by atoms with Crippen molar-refractivity contribution in [2.24, 2.45) is 0 Å². The van der Waals surface area contributed by atoms with Crippen molar-refractivity contribution < 1.29 is 36.6 Å². The fraction of sp³-hybridized carbons (Fsp3) is 0.167. The Morgan fingerprint density at radius 1 is 1.11 bits per heavy atom. The van der Waals surface area contributed by atoms with E-state index in [1.54, 1.807) is 24.3 Å². The lowest BCUT2D eigenvalue weighted by atomic mass is 10.2. The zero-order valence-corrected chi connectivity index (χ0v) is 13.7. The topological polar surface area (TPSA) is 84.8 Å². The molecule has 1 amide bonds. The van der Waals surface area contributed by atoms with Crippen LogP contribution in [-0.2, 0) is 0 Å². The van der Waals surface area contributed by atoms with Gasteiger partial charge in [-0.15, -0.1) is 13.2 Å². The molecule has 27 heavy (non-hydrogen) atoms. The van der Waals surface area contributed by atoms with Gasteiger partial charge in [0.15, 0.2) is 11.5 Å². The van der Waals surface area contributed by atoms with E-state index in [2.05, 4.69) is 10.1 Å². The van der Waals surface area contributed by atoms with E-state index < -0.39 is 24.1 Å². The summed E-state index contributed by atoms with van der Waals surface area (Å²) in [7, 11) is 0. The third-order valence-electron chi connectivity index (χ3n) is 3.53. The van der Waals surface area contributed by atoms with Gasteiger partial charge in [0.2, 0.25) is 0 Å². The van der Waals surface area contributed by atoms with Crippen LogP contribution in [-0.4, -0.2) is 23.9 Å². The lowest BCUT2D eigenvalue weighted by Crippen LogP contribution is -2.28. The first kappa shape index (κ1) is 18.6. The highest BCUT2D eigenvalue weighted by Gasteiger charge is 2.31. The highest BCUT2D eigenvalue weighted by Crippen LogP contribution is 2.26.